The molecule has 4 heterocycles. The van der Waals surface area contributed by atoms with E-state index < -0.39 is 11.7 Å². The molecule has 5 rings (SSSR count). The lowest BCUT2D eigenvalue weighted by atomic mass is 10.1. The molecule has 0 spiro atoms. The van der Waals surface area contributed by atoms with Crippen molar-refractivity contribution in [3.63, 3.8) is 0 Å². The van der Waals surface area contributed by atoms with Crippen LogP contribution in [0.3, 0.4) is 0 Å². The van der Waals surface area contributed by atoms with Crippen LogP contribution in [0.4, 0.5) is 13.2 Å². The number of halogens is 4. The summed E-state index contributed by atoms with van der Waals surface area (Å²) in [5.41, 5.74) is -0.367. The fourth-order valence-electron chi connectivity index (χ4n) is 4.05. The Balaban J connectivity index is 0.00000169. The van der Waals surface area contributed by atoms with Gasteiger partial charge in [-0.2, -0.15) is 13.2 Å². The summed E-state index contributed by atoms with van der Waals surface area (Å²) in [4.78, 5) is 19.4. The number of ketones is 1. The molecule has 4 fully saturated rings. The van der Waals surface area contributed by atoms with E-state index in [4.69, 9.17) is 0 Å². The van der Waals surface area contributed by atoms with Crippen LogP contribution in [0, 0.1) is 0 Å². The Labute approximate surface area is 148 Å². The quantitative estimate of drug-likeness (QED) is 0.446. The first kappa shape index (κ1) is 17.8. The molecule has 0 atom stereocenters. The van der Waals surface area contributed by atoms with E-state index in [1.807, 2.05) is 0 Å². The minimum atomic E-state index is -4.37. The van der Waals surface area contributed by atoms with E-state index in [1.165, 1.54) is 12.1 Å². The minimum absolute atomic E-state index is 0. The highest BCUT2D eigenvalue weighted by Crippen LogP contribution is 2.31. The fourth-order valence-corrected chi connectivity index (χ4v) is 4.05. The van der Waals surface area contributed by atoms with Crippen LogP contribution < -0.4 is 17.0 Å². The Hall–Kier alpha value is -1.00. The van der Waals surface area contributed by atoms with Crippen LogP contribution in [0.1, 0.15) is 15.9 Å². The van der Waals surface area contributed by atoms with Crippen molar-refractivity contribution in [2.75, 3.05) is 46.6 Å². The summed E-state index contributed by atoms with van der Waals surface area (Å²) in [5.74, 6) is -0.0933. The normalized spacial score (nSPS) is 34.0. The molecule has 132 valence electrons. The monoisotopic (exact) mass is 406 g/mol. The van der Waals surface area contributed by atoms with E-state index in [9.17, 15) is 18.0 Å². The van der Waals surface area contributed by atoms with Gasteiger partial charge in [0.2, 0.25) is 5.78 Å². The van der Waals surface area contributed by atoms with E-state index >= 15 is 0 Å². The largest absolute Gasteiger partial charge is 1.00 e. The van der Waals surface area contributed by atoms with Gasteiger partial charge >= 0.3 is 6.18 Å². The molecule has 4 aliphatic rings. The molecule has 9 heteroatoms. The Kier molecular flexibility index (Phi) is 4.50. The van der Waals surface area contributed by atoms with Gasteiger partial charge < -0.3 is 17.0 Å². The summed E-state index contributed by atoms with van der Waals surface area (Å²) in [6.07, 6.45) is -4.37. The predicted octanol–water partition coefficient (Wildman–Crippen LogP) is -1.60. The topological polar surface area (TPSA) is 26.8 Å². The Morgan fingerprint density at radius 3 is 1.83 bits per heavy atom. The van der Waals surface area contributed by atoms with Gasteiger partial charge in [0.05, 0.1) is 25.6 Å². The summed E-state index contributed by atoms with van der Waals surface area (Å²) >= 11 is 0. The van der Waals surface area contributed by atoms with Gasteiger partial charge in [-0.25, -0.2) is 14.7 Å². The van der Waals surface area contributed by atoms with Gasteiger partial charge in [-0.05, 0) is 12.1 Å². The summed E-state index contributed by atoms with van der Waals surface area (Å²) in [6.45, 7) is 5.63. The van der Waals surface area contributed by atoms with E-state index in [0.717, 1.165) is 52.1 Å². The van der Waals surface area contributed by atoms with Gasteiger partial charge in [0.25, 0.3) is 0 Å². The number of quaternary nitrogens is 1. The van der Waals surface area contributed by atoms with Crippen LogP contribution in [0.15, 0.2) is 24.3 Å². The maximum Gasteiger partial charge on any atom is 0.416 e. The van der Waals surface area contributed by atoms with Gasteiger partial charge in [-0.15, -0.1) is 0 Å². The van der Waals surface area contributed by atoms with Crippen molar-refractivity contribution in [2.45, 2.75) is 6.18 Å². The summed E-state index contributed by atoms with van der Waals surface area (Å²) in [7, 11) is 0. The molecule has 0 radical (unpaired) electrons. The molecule has 0 amide bonds. The highest BCUT2D eigenvalue weighted by Gasteiger charge is 2.49. The maximum atomic E-state index is 12.6. The molecule has 4 bridgehead atoms. The molecule has 0 N–H and O–H groups in total. The molecular formula is C15H18BrF3N4O. The number of nitrogens with zero attached hydrogens (tertiary/aromatic N) is 4. The first-order valence-corrected chi connectivity index (χ1v) is 7.56. The zero-order valence-corrected chi connectivity index (χ0v) is 14.6. The van der Waals surface area contributed by atoms with Crippen molar-refractivity contribution in [2.24, 2.45) is 0 Å². The number of carbonyl (C=O) groups is 1. The van der Waals surface area contributed by atoms with Crippen molar-refractivity contribution >= 4 is 5.78 Å². The Bertz CT molecular complexity index is 599. The second-order valence-corrected chi connectivity index (χ2v) is 6.86. The van der Waals surface area contributed by atoms with E-state index in [-0.39, 0.29) is 22.8 Å². The van der Waals surface area contributed by atoms with E-state index in [0.29, 0.717) is 16.6 Å². The van der Waals surface area contributed by atoms with Crippen LogP contribution in [-0.2, 0) is 6.18 Å². The molecule has 0 saturated carbocycles. The smallest absolute Gasteiger partial charge is 0.416 e. The van der Waals surface area contributed by atoms with Crippen molar-refractivity contribution < 1.29 is 39.4 Å². The highest BCUT2D eigenvalue weighted by molar-refractivity contribution is 5.97. The molecule has 0 unspecified atom stereocenters. The third-order valence-corrected chi connectivity index (χ3v) is 4.71. The molecule has 0 aliphatic carbocycles. The van der Waals surface area contributed by atoms with Crippen LogP contribution >= 0.6 is 0 Å². The second kappa shape index (κ2) is 6.06. The zero-order valence-electron chi connectivity index (χ0n) is 13.0. The summed E-state index contributed by atoms with van der Waals surface area (Å²) < 4.78 is 38.5. The van der Waals surface area contributed by atoms with Crippen molar-refractivity contribution in [3.05, 3.63) is 35.4 Å². The van der Waals surface area contributed by atoms with Crippen LogP contribution in [-0.4, -0.2) is 71.5 Å². The van der Waals surface area contributed by atoms with Crippen LogP contribution in [0.5, 0.6) is 0 Å². The van der Waals surface area contributed by atoms with Crippen molar-refractivity contribution in [1.29, 1.82) is 0 Å². The second-order valence-electron chi connectivity index (χ2n) is 6.86. The molecule has 4 saturated heterocycles. The molecule has 24 heavy (non-hydrogen) atoms. The van der Waals surface area contributed by atoms with Gasteiger partial charge in [0.15, 0.2) is 0 Å². The minimum Gasteiger partial charge on any atom is -1.00 e. The van der Waals surface area contributed by atoms with Crippen LogP contribution in [0.2, 0.25) is 0 Å². The molecule has 5 nitrogen and oxygen atoms in total. The zero-order chi connectivity index (χ0) is 16.2. The molecule has 4 aliphatic heterocycles. The predicted molar refractivity (Wildman–Crippen MR) is 75.6 cm³/mol. The van der Waals surface area contributed by atoms with Gasteiger partial charge in [-0.1, -0.05) is 12.1 Å². The number of Topliss-reactive ketones (excluding diaryl/α,β-unsaturated/α-hetero) is 1. The van der Waals surface area contributed by atoms with Crippen molar-refractivity contribution in [1.82, 2.24) is 14.7 Å². The van der Waals surface area contributed by atoms with Crippen molar-refractivity contribution in [3.8, 4) is 0 Å². The maximum absolute atomic E-state index is 12.6. The summed E-state index contributed by atoms with van der Waals surface area (Å²) in [5, 5.41) is 0. The number of benzene rings is 1. The number of hydrogen-bond acceptors (Lipinski definition) is 4. The Morgan fingerprint density at radius 1 is 0.958 bits per heavy atom. The number of alkyl halides is 3. The standard InChI is InChI=1S/C15H18F3N4O.BrH/c16-15(17,18)13-3-1-12(2-4-13)14(23)5-22-9-19-6-20(10-22)8-21(7-19)11-22;/h1-4H,5-11H2;1H/q+1;/p-1. The van der Waals surface area contributed by atoms with Crippen LogP contribution in [0.25, 0.3) is 0 Å². The Morgan fingerprint density at radius 2 is 1.42 bits per heavy atom. The SMILES string of the molecule is O=C(C[N+]12CN3CN(CN(C3)C1)C2)c1ccc(C(F)(F)F)cc1.[Br-]. The van der Waals surface area contributed by atoms with Gasteiger partial charge in [0, 0.05) is 5.56 Å². The number of hydrogen-bond donors (Lipinski definition) is 0. The molecule has 0 aromatic heterocycles. The molecule has 1 aromatic rings. The first-order chi connectivity index (χ1) is 10.8. The highest BCUT2D eigenvalue weighted by atomic mass is 79.9. The molecular weight excluding hydrogens is 389 g/mol. The lowest BCUT2D eigenvalue weighted by Crippen LogP contribution is -3.00. The number of rotatable bonds is 3. The lowest BCUT2D eigenvalue weighted by Gasteiger charge is -2.60. The third-order valence-electron chi connectivity index (χ3n) is 4.71. The number of carbonyl (C=O) groups excluding carboxylic acids is 1. The van der Waals surface area contributed by atoms with E-state index in [2.05, 4.69) is 14.7 Å². The first-order valence-electron chi connectivity index (χ1n) is 7.56. The average Bonchev–Trinajstić information content (AvgIpc) is 2.44. The third kappa shape index (κ3) is 3.23. The summed E-state index contributed by atoms with van der Waals surface area (Å²) in [6, 6.07) is 4.54. The van der Waals surface area contributed by atoms with Gasteiger partial charge in [0.1, 0.15) is 26.6 Å². The fraction of sp³-hybridized carbons (Fsp3) is 0.533. The lowest BCUT2D eigenvalue weighted by molar-refractivity contribution is -0.973. The molecule has 1 aromatic carbocycles. The van der Waals surface area contributed by atoms with Gasteiger partial charge in [-0.3, -0.25) is 9.28 Å². The van der Waals surface area contributed by atoms with E-state index in [1.54, 1.807) is 0 Å². The average molecular weight is 407 g/mol.